The molecular formula is C16H21N3O4S. The van der Waals surface area contributed by atoms with E-state index >= 15 is 0 Å². The van der Waals surface area contributed by atoms with Gasteiger partial charge in [-0.3, -0.25) is 9.69 Å². The average molecular weight is 351 g/mol. The van der Waals surface area contributed by atoms with Crippen LogP contribution in [0.2, 0.25) is 0 Å². The number of nitrogens with two attached hydrogens (primary N) is 1. The van der Waals surface area contributed by atoms with E-state index < -0.39 is 16.1 Å². The largest absolute Gasteiger partial charge is 0.337 e. The van der Waals surface area contributed by atoms with Crippen molar-refractivity contribution in [2.75, 3.05) is 13.1 Å². The summed E-state index contributed by atoms with van der Waals surface area (Å²) in [6, 6.07) is 5.81. The van der Waals surface area contributed by atoms with Crippen LogP contribution in [0.15, 0.2) is 40.3 Å². The maximum absolute atomic E-state index is 12.1. The number of hydrogen-bond donors (Lipinski definition) is 2. The summed E-state index contributed by atoms with van der Waals surface area (Å²) < 4.78 is 22.7. The highest BCUT2D eigenvalue weighted by molar-refractivity contribution is 7.89. The van der Waals surface area contributed by atoms with E-state index in [1.165, 1.54) is 17.0 Å². The molecule has 0 saturated carbocycles. The Morgan fingerprint density at radius 2 is 2.08 bits per heavy atom. The van der Waals surface area contributed by atoms with Gasteiger partial charge >= 0.3 is 6.03 Å². The molecule has 1 aliphatic heterocycles. The molecule has 0 bridgehead atoms. The lowest BCUT2D eigenvalue weighted by Gasteiger charge is -2.16. The van der Waals surface area contributed by atoms with Crippen molar-refractivity contribution < 1.29 is 18.0 Å². The molecule has 8 heteroatoms. The second-order valence-electron chi connectivity index (χ2n) is 5.68. The summed E-state index contributed by atoms with van der Waals surface area (Å²) in [5, 5.41) is 7.78. The first-order chi connectivity index (χ1) is 11.2. The number of carbonyl (C=O) groups is 2. The fourth-order valence-corrected chi connectivity index (χ4v) is 3.24. The van der Waals surface area contributed by atoms with Gasteiger partial charge in [-0.1, -0.05) is 19.1 Å². The molecule has 7 nitrogen and oxygen atoms in total. The van der Waals surface area contributed by atoms with Crippen molar-refractivity contribution in [3.63, 3.8) is 0 Å². The van der Waals surface area contributed by atoms with Crippen molar-refractivity contribution in [3.8, 4) is 0 Å². The molecule has 0 aromatic heterocycles. The zero-order valence-corrected chi connectivity index (χ0v) is 14.5. The maximum atomic E-state index is 12.1. The smallest absolute Gasteiger partial charge is 0.324 e. The van der Waals surface area contributed by atoms with Gasteiger partial charge in [-0.15, -0.1) is 0 Å². The fraction of sp³-hybridized carbons (Fsp3) is 0.375. The lowest BCUT2D eigenvalue weighted by molar-refractivity contribution is -0.123. The summed E-state index contributed by atoms with van der Waals surface area (Å²) in [7, 11) is -3.75. The Balaban J connectivity index is 1.92. The van der Waals surface area contributed by atoms with Gasteiger partial charge in [0.2, 0.25) is 10.0 Å². The van der Waals surface area contributed by atoms with Crippen molar-refractivity contribution in [1.29, 1.82) is 0 Å². The van der Waals surface area contributed by atoms with E-state index in [0.717, 1.165) is 11.1 Å². The van der Waals surface area contributed by atoms with Gasteiger partial charge in [0.25, 0.3) is 5.91 Å². The third-order valence-electron chi connectivity index (χ3n) is 3.93. The van der Waals surface area contributed by atoms with Gasteiger partial charge in [0.15, 0.2) is 0 Å². The van der Waals surface area contributed by atoms with Gasteiger partial charge in [-0.25, -0.2) is 18.4 Å². The molecule has 1 aromatic carbocycles. The molecule has 0 atom stereocenters. The van der Waals surface area contributed by atoms with Crippen LogP contribution in [0.3, 0.4) is 0 Å². The number of sulfonamides is 1. The Labute approximate surface area is 141 Å². The number of nitrogens with one attached hydrogen (secondary N) is 1. The van der Waals surface area contributed by atoms with Gasteiger partial charge in [0.1, 0.15) is 0 Å². The van der Waals surface area contributed by atoms with Crippen LogP contribution in [0, 0.1) is 0 Å². The van der Waals surface area contributed by atoms with Gasteiger partial charge < -0.3 is 5.32 Å². The number of amides is 3. The zero-order chi connectivity index (χ0) is 17.9. The minimum atomic E-state index is -3.75. The Morgan fingerprint density at radius 1 is 1.38 bits per heavy atom. The zero-order valence-electron chi connectivity index (χ0n) is 13.7. The van der Waals surface area contributed by atoms with E-state index in [9.17, 15) is 18.0 Å². The highest BCUT2D eigenvalue weighted by Gasteiger charge is 2.31. The molecular weight excluding hydrogens is 330 g/mol. The summed E-state index contributed by atoms with van der Waals surface area (Å²) >= 11 is 0. The molecule has 0 saturated heterocycles. The Bertz CT molecular complexity index is 799. The average Bonchev–Trinajstić information content (AvgIpc) is 2.81. The van der Waals surface area contributed by atoms with Crippen molar-refractivity contribution in [3.05, 3.63) is 41.0 Å². The standard InChI is InChI=1S/C16H21N3O4S/c1-3-14-11(2)10-19(15(14)20)16(21)18-8-7-12-5-4-6-13(9-12)24(17,22)23/h4-6,9H,3,7-8,10H2,1-2H3,(H,18,21)(H2,17,22,23). The first kappa shape index (κ1) is 18.2. The van der Waals surface area contributed by atoms with Crippen LogP contribution < -0.4 is 10.5 Å². The van der Waals surface area contributed by atoms with E-state index in [0.29, 0.717) is 25.0 Å². The maximum Gasteiger partial charge on any atom is 0.324 e. The SMILES string of the molecule is CCC1=C(C)CN(C(=O)NCCc2cccc(S(N)(=O)=O)c2)C1=O. The number of urea groups is 1. The molecule has 3 amide bonds. The molecule has 0 fully saturated rings. The number of imide groups is 1. The lowest BCUT2D eigenvalue weighted by Crippen LogP contribution is -2.42. The quantitative estimate of drug-likeness (QED) is 0.829. The molecule has 1 aliphatic rings. The number of benzene rings is 1. The van der Waals surface area contributed by atoms with Crippen molar-refractivity contribution in [2.24, 2.45) is 5.14 Å². The number of rotatable bonds is 5. The van der Waals surface area contributed by atoms with Gasteiger partial charge in [-0.2, -0.15) is 0 Å². The second-order valence-corrected chi connectivity index (χ2v) is 7.24. The van der Waals surface area contributed by atoms with Crippen LogP contribution >= 0.6 is 0 Å². The van der Waals surface area contributed by atoms with Crippen molar-refractivity contribution in [1.82, 2.24) is 10.2 Å². The Kier molecular flexibility index (Phi) is 5.40. The summed E-state index contributed by atoms with van der Waals surface area (Å²) in [6.45, 7) is 4.34. The minimum Gasteiger partial charge on any atom is -0.337 e. The lowest BCUT2D eigenvalue weighted by atomic mass is 10.1. The predicted molar refractivity (Wildman–Crippen MR) is 89.6 cm³/mol. The van der Waals surface area contributed by atoms with E-state index in [1.807, 2.05) is 13.8 Å². The van der Waals surface area contributed by atoms with E-state index in [1.54, 1.807) is 12.1 Å². The van der Waals surface area contributed by atoms with Gasteiger partial charge in [0.05, 0.1) is 11.4 Å². The predicted octanol–water partition coefficient (Wildman–Crippen LogP) is 1.15. The number of primary sulfonamides is 1. The highest BCUT2D eigenvalue weighted by atomic mass is 32.2. The molecule has 3 N–H and O–H groups in total. The molecule has 1 aromatic rings. The van der Waals surface area contributed by atoms with Crippen LogP contribution in [-0.4, -0.2) is 38.3 Å². The molecule has 0 radical (unpaired) electrons. The molecule has 0 spiro atoms. The van der Waals surface area contributed by atoms with Gasteiger partial charge in [0, 0.05) is 12.1 Å². The fourth-order valence-electron chi connectivity index (χ4n) is 2.65. The van der Waals surface area contributed by atoms with E-state index in [4.69, 9.17) is 5.14 Å². The molecule has 2 rings (SSSR count). The normalized spacial score (nSPS) is 15.1. The minimum absolute atomic E-state index is 0.0356. The summed E-state index contributed by atoms with van der Waals surface area (Å²) in [5.41, 5.74) is 2.34. The van der Waals surface area contributed by atoms with Crippen LogP contribution in [0.1, 0.15) is 25.8 Å². The number of carbonyl (C=O) groups excluding carboxylic acids is 2. The monoisotopic (exact) mass is 351 g/mol. The van der Waals surface area contributed by atoms with E-state index in [-0.39, 0.29) is 17.3 Å². The van der Waals surface area contributed by atoms with Crippen LogP contribution in [0.25, 0.3) is 0 Å². The summed E-state index contributed by atoms with van der Waals surface area (Å²) in [4.78, 5) is 25.5. The topological polar surface area (TPSA) is 110 Å². The van der Waals surface area contributed by atoms with Crippen LogP contribution in [-0.2, 0) is 21.2 Å². The highest BCUT2D eigenvalue weighted by Crippen LogP contribution is 2.21. The summed E-state index contributed by atoms with van der Waals surface area (Å²) in [5.74, 6) is -0.247. The molecule has 0 aliphatic carbocycles. The number of nitrogens with zero attached hydrogens (tertiary/aromatic N) is 1. The van der Waals surface area contributed by atoms with Crippen molar-refractivity contribution in [2.45, 2.75) is 31.6 Å². The molecule has 0 unspecified atom stereocenters. The van der Waals surface area contributed by atoms with E-state index in [2.05, 4.69) is 5.32 Å². The molecule has 1 heterocycles. The third-order valence-corrected chi connectivity index (χ3v) is 4.84. The molecule has 130 valence electrons. The van der Waals surface area contributed by atoms with Crippen molar-refractivity contribution >= 4 is 22.0 Å². The summed E-state index contributed by atoms with van der Waals surface area (Å²) in [6.07, 6.45) is 1.04. The van der Waals surface area contributed by atoms with Crippen LogP contribution in [0.4, 0.5) is 4.79 Å². The van der Waals surface area contributed by atoms with Crippen LogP contribution in [0.5, 0.6) is 0 Å². The molecule has 24 heavy (non-hydrogen) atoms. The first-order valence-electron chi connectivity index (χ1n) is 7.64. The van der Waals surface area contributed by atoms with Gasteiger partial charge in [-0.05, 0) is 43.0 Å². The second kappa shape index (κ2) is 7.14. The number of hydrogen-bond acceptors (Lipinski definition) is 4. The first-order valence-corrected chi connectivity index (χ1v) is 9.18. The third kappa shape index (κ3) is 4.01. The Morgan fingerprint density at radius 3 is 2.67 bits per heavy atom. The Hall–Kier alpha value is -2.19.